The Morgan fingerprint density at radius 1 is 1.48 bits per heavy atom. The van der Waals surface area contributed by atoms with E-state index in [9.17, 15) is 9.90 Å². The maximum Gasteiger partial charge on any atom is 0.337 e. The number of hydrogen-bond acceptors (Lipinski definition) is 3. The highest BCUT2D eigenvalue weighted by Gasteiger charge is 2.31. The van der Waals surface area contributed by atoms with E-state index in [1.807, 2.05) is 6.07 Å². The highest BCUT2D eigenvalue weighted by Crippen LogP contribution is 2.36. The zero-order chi connectivity index (χ0) is 15.0. The number of aromatic nitrogens is 2. The molecule has 0 spiro atoms. The molecule has 0 aliphatic heterocycles. The summed E-state index contributed by atoms with van der Waals surface area (Å²) in [6.07, 6.45) is 4.18. The van der Waals surface area contributed by atoms with Crippen molar-refractivity contribution in [1.82, 2.24) is 9.55 Å². The number of nitrogens with zero attached hydrogens (tertiary/aromatic N) is 2. The van der Waals surface area contributed by atoms with Crippen LogP contribution in [0.3, 0.4) is 0 Å². The first-order valence-corrected chi connectivity index (χ1v) is 7.43. The molecule has 1 saturated carbocycles. The van der Waals surface area contributed by atoms with Crippen LogP contribution in [0.5, 0.6) is 0 Å². The summed E-state index contributed by atoms with van der Waals surface area (Å²) in [6.45, 7) is 2.05. The van der Waals surface area contributed by atoms with Crippen molar-refractivity contribution in [3.63, 3.8) is 0 Å². The number of methoxy groups -OCH3 is 1. The SMILES string of the molecule is CCc1nc2c(C(=O)O)cccc2n1C1CCCC1OC. The molecule has 1 heterocycles. The van der Waals surface area contributed by atoms with Crippen molar-refractivity contribution in [2.45, 2.75) is 44.8 Å². The Kier molecular flexibility index (Phi) is 3.68. The van der Waals surface area contributed by atoms with Gasteiger partial charge < -0.3 is 14.4 Å². The molecule has 1 fully saturated rings. The van der Waals surface area contributed by atoms with Gasteiger partial charge in [0.05, 0.1) is 23.2 Å². The van der Waals surface area contributed by atoms with Gasteiger partial charge in [-0.25, -0.2) is 9.78 Å². The molecule has 0 amide bonds. The standard InChI is InChI=1S/C16H20N2O3/c1-3-14-17-15-10(16(19)20)6-4-8-12(15)18(14)11-7-5-9-13(11)21-2/h4,6,8,11,13H,3,5,7,9H2,1-2H3,(H,19,20). The summed E-state index contributed by atoms with van der Waals surface area (Å²) < 4.78 is 7.81. The van der Waals surface area contributed by atoms with Crippen molar-refractivity contribution in [3.05, 3.63) is 29.6 Å². The molecule has 112 valence electrons. The molecule has 1 aliphatic carbocycles. The first kappa shape index (κ1) is 14.1. The summed E-state index contributed by atoms with van der Waals surface area (Å²) in [7, 11) is 1.75. The van der Waals surface area contributed by atoms with Gasteiger partial charge in [-0.2, -0.15) is 0 Å². The van der Waals surface area contributed by atoms with Gasteiger partial charge in [0.15, 0.2) is 0 Å². The van der Waals surface area contributed by atoms with E-state index in [0.717, 1.165) is 37.0 Å². The Bertz CT molecular complexity index is 677. The van der Waals surface area contributed by atoms with E-state index < -0.39 is 5.97 Å². The van der Waals surface area contributed by atoms with Crippen molar-refractivity contribution in [3.8, 4) is 0 Å². The highest BCUT2D eigenvalue weighted by atomic mass is 16.5. The molecule has 2 unspecified atom stereocenters. The van der Waals surface area contributed by atoms with Gasteiger partial charge in [0, 0.05) is 13.5 Å². The molecule has 5 heteroatoms. The normalized spacial score (nSPS) is 22.0. The number of aryl methyl sites for hydroxylation is 1. The molecular weight excluding hydrogens is 268 g/mol. The second-order valence-electron chi connectivity index (χ2n) is 5.50. The molecule has 21 heavy (non-hydrogen) atoms. The van der Waals surface area contributed by atoms with Gasteiger partial charge >= 0.3 is 5.97 Å². The lowest BCUT2D eigenvalue weighted by atomic mass is 10.1. The summed E-state index contributed by atoms with van der Waals surface area (Å²) in [6, 6.07) is 5.61. The van der Waals surface area contributed by atoms with Gasteiger partial charge in [0.1, 0.15) is 11.3 Å². The average Bonchev–Trinajstić information content (AvgIpc) is 3.09. The van der Waals surface area contributed by atoms with Crippen LogP contribution in [-0.2, 0) is 11.2 Å². The fraction of sp³-hybridized carbons (Fsp3) is 0.500. The quantitative estimate of drug-likeness (QED) is 0.939. The molecule has 1 aliphatic rings. The van der Waals surface area contributed by atoms with Crippen molar-refractivity contribution in [1.29, 1.82) is 0 Å². The number of imidazole rings is 1. The van der Waals surface area contributed by atoms with Crippen molar-refractivity contribution < 1.29 is 14.6 Å². The summed E-state index contributed by atoms with van der Waals surface area (Å²) >= 11 is 0. The minimum Gasteiger partial charge on any atom is -0.478 e. The van der Waals surface area contributed by atoms with Crippen LogP contribution in [0.15, 0.2) is 18.2 Å². The van der Waals surface area contributed by atoms with Crippen LogP contribution in [0.2, 0.25) is 0 Å². The van der Waals surface area contributed by atoms with Crippen LogP contribution in [0.25, 0.3) is 11.0 Å². The van der Waals surface area contributed by atoms with Crippen LogP contribution < -0.4 is 0 Å². The summed E-state index contributed by atoms with van der Waals surface area (Å²) in [4.78, 5) is 16.0. The topological polar surface area (TPSA) is 64.3 Å². The zero-order valence-electron chi connectivity index (χ0n) is 12.4. The fourth-order valence-electron chi connectivity index (χ4n) is 3.43. The summed E-state index contributed by atoms with van der Waals surface area (Å²) in [5.41, 5.74) is 1.76. The van der Waals surface area contributed by atoms with Crippen LogP contribution in [0.4, 0.5) is 0 Å². The predicted molar refractivity (Wildman–Crippen MR) is 79.8 cm³/mol. The van der Waals surface area contributed by atoms with Crippen LogP contribution >= 0.6 is 0 Å². The first-order valence-electron chi connectivity index (χ1n) is 7.43. The number of para-hydroxylation sites is 1. The Morgan fingerprint density at radius 2 is 2.29 bits per heavy atom. The lowest BCUT2D eigenvalue weighted by molar-refractivity contribution is 0.0699. The van der Waals surface area contributed by atoms with Gasteiger partial charge in [-0.15, -0.1) is 0 Å². The van der Waals surface area contributed by atoms with E-state index in [4.69, 9.17) is 4.74 Å². The highest BCUT2D eigenvalue weighted by molar-refractivity contribution is 6.01. The van der Waals surface area contributed by atoms with Gasteiger partial charge in [-0.05, 0) is 31.4 Å². The number of carbonyl (C=O) groups is 1. The van der Waals surface area contributed by atoms with Crippen LogP contribution in [0, 0.1) is 0 Å². The third-order valence-corrected chi connectivity index (χ3v) is 4.39. The van der Waals surface area contributed by atoms with E-state index in [2.05, 4.69) is 16.5 Å². The minimum absolute atomic E-state index is 0.182. The van der Waals surface area contributed by atoms with Crippen LogP contribution in [-0.4, -0.2) is 33.8 Å². The second kappa shape index (κ2) is 5.48. The average molecular weight is 288 g/mol. The number of carboxylic acids is 1. The number of hydrogen-bond donors (Lipinski definition) is 1. The van der Waals surface area contributed by atoms with Gasteiger partial charge in [-0.1, -0.05) is 13.0 Å². The number of aromatic carboxylic acids is 1. The van der Waals surface area contributed by atoms with Gasteiger partial charge in [0.2, 0.25) is 0 Å². The van der Waals surface area contributed by atoms with Crippen molar-refractivity contribution >= 4 is 17.0 Å². The molecule has 1 aromatic heterocycles. The largest absolute Gasteiger partial charge is 0.478 e. The van der Waals surface area contributed by atoms with Crippen molar-refractivity contribution in [2.75, 3.05) is 7.11 Å². The monoisotopic (exact) mass is 288 g/mol. The molecule has 3 rings (SSSR count). The molecule has 1 aromatic carbocycles. The Labute approximate surface area is 123 Å². The zero-order valence-corrected chi connectivity index (χ0v) is 12.4. The van der Waals surface area contributed by atoms with E-state index >= 15 is 0 Å². The van der Waals surface area contributed by atoms with E-state index in [1.165, 1.54) is 0 Å². The minimum atomic E-state index is -0.928. The smallest absolute Gasteiger partial charge is 0.337 e. The summed E-state index contributed by atoms with van der Waals surface area (Å²) in [5.74, 6) is 0.00951. The maximum atomic E-state index is 11.4. The number of benzene rings is 1. The summed E-state index contributed by atoms with van der Waals surface area (Å²) in [5, 5.41) is 9.35. The Balaban J connectivity index is 2.21. The fourth-order valence-corrected chi connectivity index (χ4v) is 3.43. The molecule has 0 bridgehead atoms. The maximum absolute atomic E-state index is 11.4. The van der Waals surface area contributed by atoms with Crippen LogP contribution in [0.1, 0.15) is 48.4 Å². The Morgan fingerprint density at radius 3 is 2.95 bits per heavy atom. The van der Waals surface area contributed by atoms with E-state index in [0.29, 0.717) is 5.52 Å². The number of ether oxygens (including phenoxy) is 1. The molecule has 1 N–H and O–H groups in total. The number of carboxylic acid groups (broad SMARTS) is 1. The Hall–Kier alpha value is -1.88. The lowest BCUT2D eigenvalue weighted by Gasteiger charge is -2.22. The first-order chi connectivity index (χ1) is 10.2. The molecule has 0 saturated heterocycles. The van der Waals surface area contributed by atoms with E-state index in [-0.39, 0.29) is 17.7 Å². The predicted octanol–water partition coefficient (Wildman–Crippen LogP) is 3.04. The van der Waals surface area contributed by atoms with Gasteiger partial charge in [0.25, 0.3) is 0 Å². The molecule has 2 atom stereocenters. The lowest BCUT2D eigenvalue weighted by Crippen LogP contribution is -2.22. The molecule has 5 nitrogen and oxygen atoms in total. The number of rotatable bonds is 4. The third-order valence-electron chi connectivity index (χ3n) is 4.39. The van der Waals surface area contributed by atoms with Crippen molar-refractivity contribution in [2.24, 2.45) is 0 Å². The third kappa shape index (κ3) is 2.21. The molecule has 0 radical (unpaired) electrons. The molecule has 2 aromatic rings. The van der Waals surface area contributed by atoms with E-state index in [1.54, 1.807) is 19.2 Å². The number of fused-ring (bicyclic) bond motifs is 1. The van der Waals surface area contributed by atoms with Gasteiger partial charge in [-0.3, -0.25) is 0 Å². The second-order valence-corrected chi connectivity index (χ2v) is 5.50. The molecular formula is C16H20N2O3.